The van der Waals surface area contributed by atoms with Gasteiger partial charge in [0.1, 0.15) is 0 Å². The first-order valence-electron chi connectivity index (χ1n) is 9.84. The molecule has 2 atom stereocenters. The van der Waals surface area contributed by atoms with Gasteiger partial charge >= 0.3 is 6.18 Å². The number of piperidine rings is 1. The van der Waals surface area contributed by atoms with Crippen LogP contribution >= 0.6 is 0 Å². The van der Waals surface area contributed by atoms with Crippen LogP contribution in [0.15, 0.2) is 18.3 Å². The van der Waals surface area contributed by atoms with Crippen LogP contribution in [0.1, 0.15) is 25.3 Å². The predicted octanol–water partition coefficient (Wildman–Crippen LogP) is 2.79. The van der Waals surface area contributed by atoms with Crippen molar-refractivity contribution < 1.29 is 18.0 Å². The number of rotatable bonds is 4. The lowest BCUT2D eigenvalue weighted by molar-refractivity contribution is -0.136. The van der Waals surface area contributed by atoms with E-state index in [2.05, 4.69) is 34.7 Å². The molecule has 29 heavy (non-hydrogen) atoms. The Bertz CT molecular complexity index is 897. The fourth-order valence-electron chi connectivity index (χ4n) is 4.23. The maximum Gasteiger partial charge on any atom is 0.418 e. The molecule has 0 radical (unpaired) electrons. The van der Waals surface area contributed by atoms with Crippen molar-refractivity contribution in [2.45, 2.75) is 32.0 Å². The number of fused-ring (bicyclic) bond motifs is 1. The van der Waals surface area contributed by atoms with Crippen LogP contribution < -0.4 is 15.5 Å². The second-order valence-electron chi connectivity index (χ2n) is 8.12. The topological polar surface area (TPSA) is 57.3 Å². The van der Waals surface area contributed by atoms with E-state index >= 15 is 0 Å². The van der Waals surface area contributed by atoms with Crippen molar-refractivity contribution >= 4 is 22.5 Å². The van der Waals surface area contributed by atoms with Crippen molar-refractivity contribution in [2.24, 2.45) is 11.8 Å². The van der Waals surface area contributed by atoms with E-state index in [9.17, 15) is 18.0 Å². The normalized spacial score (nSPS) is 22.8. The third-order valence-corrected chi connectivity index (χ3v) is 5.62. The Morgan fingerprint density at radius 3 is 2.83 bits per heavy atom. The van der Waals surface area contributed by atoms with Gasteiger partial charge in [0.25, 0.3) is 0 Å². The first-order valence-corrected chi connectivity index (χ1v) is 9.84. The standard InChI is InChI=1S/C21H23F3N4O/c1-13-7-15(27-19(29)8-14-9-25-10-14)12-28(11-13)18-5-4-17(21(22,23)24)20-16(18)3-2-6-26-20/h4-6,13-15,25H,7-12H2,1H3,(H,27,29)/t13-,15+/m0/s1. The van der Waals surface area contributed by atoms with Crippen molar-refractivity contribution in [1.82, 2.24) is 15.6 Å². The minimum absolute atomic E-state index is 0.0365. The molecule has 0 saturated carbocycles. The van der Waals surface area contributed by atoms with Crippen molar-refractivity contribution in [3.8, 4) is 0 Å². The summed E-state index contributed by atoms with van der Waals surface area (Å²) in [5.74, 6) is 0.717. The van der Waals surface area contributed by atoms with E-state index < -0.39 is 11.7 Å². The number of alkyl halides is 3. The summed E-state index contributed by atoms with van der Waals surface area (Å²) in [6.45, 7) is 5.07. The van der Waals surface area contributed by atoms with Gasteiger partial charge in [-0.2, -0.15) is 13.2 Å². The third kappa shape index (κ3) is 4.25. The minimum Gasteiger partial charge on any atom is -0.368 e. The van der Waals surface area contributed by atoms with Gasteiger partial charge in [-0.15, -0.1) is 0 Å². The Hall–Kier alpha value is -2.53. The SMILES string of the molecule is C[C@H]1C[C@@H](NC(=O)CC2CNC2)CN(c2ccc(C(F)(F)F)c3ncc#cc23)C1. The summed E-state index contributed by atoms with van der Waals surface area (Å²) in [7, 11) is 0. The first kappa shape index (κ1) is 19.8. The number of benzene rings is 1. The molecule has 1 aromatic heterocycles. The molecule has 1 aromatic carbocycles. The maximum atomic E-state index is 13.4. The molecule has 2 N–H and O–H groups in total. The van der Waals surface area contributed by atoms with Crippen LogP contribution in [0.5, 0.6) is 0 Å². The van der Waals surface area contributed by atoms with Crippen LogP contribution in [0.4, 0.5) is 18.9 Å². The summed E-state index contributed by atoms with van der Waals surface area (Å²) in [6.07, 6.45) is -1.93. The highest BCUT2D eigenvalue weighted by atomic mass is 19.4. The van der Waals surface area contributed by atoms with E-state index in [1.165, 1.54) is 12.3 Å². The molecule has 3 heterocycles. The number of anilines is 1. The predicted molar refractivity (Wildman–Crippen MR) is 103 cm³/mol. The summed E-state index contributed by atoms with van der Waals surface area (Å²) in [4.78, 5) is 18.3. The summed E-state index contributed by atoms with van der Waals surface area (Å²) in [5, 5.41) is 6.57. The van der Waals surface area contributed by atoms with Crippen LogP contribution in [0.3, 0.4) is 0 Å². The zero-order chi connectivity index (χ0) is 20.6. The van der Waals surface area contributed by atoms with E-state index in [0.29, 0.717) is 36.5 Å². The first-order chi connectivity index (χ1) is 13.8. The molecule has 4 rings (SSSR count). The average Bonchev–Trinajstić information content (AvgIpc) is 2.62. The number of aromatic nitrogens is 1. The second kappa shape index (κ2) is 7.71. The van der Waals surface area contributed by atoms with Crippen LogP contribution in [0, 0.1) is 24.0 Å². The van der Waals surface area contributed by atoms with Crippen molar-refractivity contribution in [1.29, 1.82) is 0 Å². The van der Waals surface area contributed by atoms with E-state index in [0.717, 1.165) is 25.6 Å². The highest BCUT2D eigenvalue weighted by Crippen LogP contribution is 2.37. The number of carbonyl (C=O) groups is 1. The summed E-state index contributed by atoms with van der Waals surface area (Å²) >= 11 is 0. The number of halogens is 3. The molecule has 5 nitrogen and oxygen atoms in total. The average molecular weight is 404 g/mol. The van der Waals surface area contributed by atoms with Crippen LogP contribution in [-0.4, -0.2) is 43.1 Å². The molecule has 2 aliphatic rings. The van der Waals surface area contributed by atoms with E-state index in [-0.39, 0.29) is 23.4 Å². The van der Waals surface area contributed by atoms with Crippen molar-refractivity contribution in [2.75, 3.05) is 31.1 Å². The van der Waals surface area contributed by atoms with Crippen molar-refractivity contribution in [3.05, 3.63) is 36.0 Å². The van der Waals surface area contributed by atoms with E-state index in [4.69, 9.17) is 0 Å². The molecule has 8 heteroatoms. The molecule has 2 aliphatic heterocycles. The number of nitrogens with one attached hydrogen (secondary N) is 2. The van der Waals surface area contributed by atoms with Crippen LogP contribution in [0.25, 0.3) is 10.9 Å². The molecule has 0 unspecified atom stereocenters. The number of nitrogens with zero attached hydrogens (tertiary/aromatic N) is 2. The molecular weight excluding hydrogens is 381 g/mol. The van der Waals surface area contributed by atoms with Gasteiger partial charge in [-0.1, -0.05) is 13.0 Å². The molecule has 2 fully saturated rings. The Morgan fingerprint density at radius 1 is 1.34 bits per heavy atom. The van der Waals surface area contributed by atoms with Crippen molar-refractivity contribution in [3.63, 3.8) is 0 Å². The zero-order valence-corrected chi connectivity index (χ0v) is 16.1. The molecule has 0 spiro atoms. The lowest BCUT2D eigenvalue weighted by atomic mass is 9.93. The van der Waals surface area contributed by atoms with Gasteiger partial charge in [-0.25, -0.2) is 4.98 Å². The fourth-order valence-corrected chi connectivity index (χ4v) is 4.23. The Balaban J connectivity index is 1.57. The van der Waals surface area contributed by atoms with Crippen LogP contribution in [0.2, 0.25) is 0 Å². The highest BCUT2D eigenvalue weighted by molar-refractivity contribution is 5.93. The van der Waals surface area contributed by atoms with Gasteiger partial charge in [-0.05, 0) is 49.5 Å². The summed E-state index contributed by atoms with van der Waals surface area (Å²) in [6, 6.07) is 8.01. The smallest absolute Gasteiger partial charge is 0.368 e. The summed E-state index contributed by atoms with van der Waals surface area (Å²) in [5.41, 5.74) is -0.248. The molecule has 154 valence electrons. The van der Waals surface area contributed by atoms with Gasteiger partial charge in [0.05, 0.1) is 28.4 Å². The number of carbonyl (C=O) groups excluding carboxylic acids is 1. The second-order valence-corrected chi connectivity index (χ2v) is 8.12. The Labute approximate surface area is 167 Å². The van der Waals surface area contributed by atoms with E-state index in [1.807, 2.05) is 4.90 Å². The lowest BCUT2D eigenvalue weighted by Crippen LogP contribution is -2.52. The monoisotopic (exact) mass is 404 g/mol. The van der Waals surface area contributed by atoms with Gasteiger partial charge in [0, 0.05) is 25.6 Å². The number of amides is 1. The third-order valence-electron chi connectivity index (χ3n) is 5.62. The fraction of sp³-hybridized carbons (Fsp3) is 0.524. The van der Waals surface area contributed by atoms with Gasteiger partial charge in [0.15, 0.2) is 0 Å². The minimum atomic E-state index is -4.49. The summed E-state index contributed by atoms with van der Waals surface area (Å²) < 4.78 is 40.1. The molecule has 2 aromatic rings. The van der Waals surface area contributed by atoms with Gasteiger partial charge < -0.3 is 15.5 Å². The highest BCUT2D eigenvalue weighted by Gasteiger charge is 2.35. The van der Waals surface area contributed by atoms with Crippen LogP contribution in [-0.2, 0) is 11.0 Å². The lowest BCUT2D eigenvalue weighted by Gasteiger charge is -2.39. The molecule has 0 bridgehead atoms. The molecule has 1 amide bonds. The quantitative estimate of drug-likeness (QED) is 0.823. The molecule has 0 aliphatic carbocycles. The van der Waals surface area contributed by atoms with Gasteiger partial charge in [-0.3, -0.25) is 4.79 Å². The number of hydrogen-bond acceptors (Lipinski definition) is 4. The molecule has 2 saturated heterocycles. The van der Waals surface area contributed by atoms with Gasteiger partial charge in [0.2, 0.25) is 5.91 Å². The number of hydrogen-bond donors (Lipinski definition) is 2. The Morgan fingerprint density at radius 2 is 2.14 bits per heavy atom. The molecular formula is C21H23F3N4O. The zero-order valence-electron chi connectivity index (χ0n) is 16.1. The van der Waals surface area contributed by atoms with E-state index in [1.54, 1.807) is 0 Å². The Kier molecular flexibility index (Phi) is 5.26. The maximum absolute atomic E-state index is 13.4. The largest absolute Gasteiger partial charge is 0.418 e.